The molecule has 7 heteroatoms. The molecule has 102 valence electrons. The molecule has 2 aromatic heterocycles. The number of fused-ring (bicyclic) bond motifs is 1. The second-order valence-corrected chi connectivity index (χ2v) is 4.60. The van der Waals surface area contributed by atoms with Crippen molar-refractivity contribution in [2.45, 2.75) is 25.8 Å². The Labute approximate surface area is 110 Å². The first-order valence-electron chi connectivity index (χ1n) is 6.08. The van der Waals surface area contributed by atoms with Gasteiger partial charge < -0.3 is 10.4 Å². The number of aliphatic hydroxyl groups is 1. The number of hydrogen-bond donors (Lipinski definition) is 3. The fraction of sp³-hybridized carbons (Fsp3) is 0.417. The number of carbonyl (C=O) groups is 1. The first kappa shape index (κ1) is 13.3. The lowest BCUT2D eigenvalue weighted by molar-refractivity contribution is 0.172. The summed E-state index contributed by atoms with van der Waals surface area (Å²) in [6.07, 6.45) is 2.38. The maximum Gasteiger partial charge on any atom is 0.322 e. The molecular weight excluding hydrogens is 246 g/mol. The maximum absolute atomic E-state index is 11.9. The van der Waals surface area contributed by atoms with Gasteiger partial charge in [0.15, 0.2) is 5.65 Å². The lowest BCUT2D eigenvalue weighted by Gasteiger charge is -2.26. The molecule has 0 saturated carbocycles. The Morgan fingerprint density at radius 1 is 1.47 bits per heavy atom. The molecule has 0 saturated heterocycles. The molecule has 2 rings (SSSR count). The molecule has 0 fully saturated rings. The van der Waals surface area contributed by atoms with Crippen molar-refractivity contribution in [1.82, 2.24) is 19.9 Å². The highest BCUT2D eigenvalue weighted by atomic mass is 16.3. The lowest BCUT2D eigenvalue weighted by Crippen LogP contribution is -2.50. The predicted molar refractivity (Wildman–Crippen MR) is 70.9 cm³/mol. The number of urea groups is 1. The molecule has 0 aliphatic heterocycles. The first-order valence-corrected chi connectivity index (χ1v) is 6.08. The topological polar surface area (TPSA) is 91.5 Å². The number of nitrogens with zero attached hydrogens (tertiary/aromatic N) is 3. The van der Waals surface area contributed by atoms with Crippen LogP contribution in [0.3, 0.4) is 0 Å². The van der Waals surface area contributed by atoms with E-state index in [4.69, 9.17) is 0 Å². The molecule has 7 nitrogen and oxygen atoms in total. The van der Waals surface area contributed by atoms with Gasteiger partial charge in [0.2, 0.25) is 5.95 Å². The van der Waals surface area contributed by atoms with Gasteiger partial charge in [-0.3, -0.25) is 9.72 Å². The molecule has 1 unspecified atom stereocenters. The molecule has 0 spiro atoms. The monoisotopic (exact) mass is 263 g/mol. The van der Waals surface area contributed by atoms with Crippen molar-refractivity contribution in [3.8, 4) is 0 Å². The molecule has 19 heavy (non-hydrogen) atoms. The number of carbonyl (C=O) groups excluding carboxylic acids is 1. The third-order valence-electron chi connectivity index (χ3n) is 3.08. The van der Waals surface area contributed by atoms with E-state index in [9.17, 15) is 9.90 Å². The van der Waals surface area contributed by atoms with Crippen molar-refractivity contribution >= 4 is 17.6 Å². The molecule has 2 heterocycles. The van der Waals surface area contributed by atoms with Gasteiger partial charge in [-0.1, -0.05) is 13.0 Å². The van der Waals surface area contributed by atoms with E-state index < -0.39 is 11.6 Å². The van der Waals surface area contributed by atoms with Gasteiger partial charge in [0.05, 0.1) is 12.1 Å². The van der Waals surface area contributed by atoms with E-state index in [0.717, 1.165) is 0 Å². The van der Waals surface area contributed by atoms with Crippen LogP contribution in [0.1, 0.15) is 20.3 Å². The van der Waals surface area contributed by atoms with Crippen molar-refractivity contribution in [1.29, 1.82) is 0 Å². The average molecular weight is 263 g/mol. The largest absolute Gasteiger partial charge is 0.394 e. The fourth-order valence-corrected chi connectivity index (χ4v) is 1.57. The minimum Gasteiger partial charge on any atom is -0.394 e. The summed E-state index contributed by atoms with van der Waals surface area (Å²) in [6.45, 7) is 3.54. The summed E-state index contributed by atoms with van der Waals surface area (Å²) < 4.78 is 1.67. The normalized spacial score (nSPS) is 14.1. The van der Waals surface area contributed by atoms with Gasteiger partial charge in [-0.25, -0.2) is 4.79 Å². The van der Waals surface area contributed by atoms with Crippen LogP contribution in [0.4, 0.5) is 10.7 Å². The molecule has 0 aliphatic carbocycles. The average Bonchev–Trinajstić information content (AvgIpc) is 2.82. The first-order chi connectivity index (χ1) is 9.08. The molecule has 0 aromatic carbocycles. The van der Waals surface area contributed by atoms with E-state index in [1.807, 2.05) is 19.1 Å². The van der Waals surface area contributed by atoms with Crippen molar-refractivity contribution in [2.24, 2.45) is 0 Å². The van der Waals surface area contributed by atoms with Crippen molar-refractivity contribution in [2.75, 3.05) is 11.9 Å². The van der Waals surface area contributed by atoms with Crippen LogP contribution in [0.25, 0.3) is 5.65 Å². The standard InChI is InChI=1S/C12H17N5O2/c1-3-12(2,8-18)14-11(19)13-10-16-15-9-6-4-5-7-17(9)10/h4-7,18H,3,8H2,1-2H3,(H2,13,14,16,19). The Kier molecular flexibility index (Phi) is 3.66. The van der Waals surface area contributed by atoms with E-state index in [2.05, 4.69) is 20.8 Å². The zero-order valence-corrected chi connectivity index (χ0v) is 10.9. The number of hydrogen-bond acceptors (Lipinski definition) is 4. The Morgan fingerprint density at radius 3 is 2.95 bits per heavy atom. The number of amides is 2. The van der Waals surface area contributed by atoms with Crippen LogP contribution in [-0.2, 0) is 0 Å². The molecule has 2 amide bonds. The van der Waals surface area contributed by atoms with E-state index in [-0.39, 0.29) is 6.61 Å². The second kappa shape index (κ2) is 5.23. The summed E-state index contributed by atoms with van der Waals surface area (Å²) in [5.41, 5.74) is 0.00288. The number of anilines is 1. The van der Waals surface area contributed by atoms with Gasteiger partial charge in [-0.15, -0.1) is 10.2 Å². The summed E-state index contributed by atoms with van der Waals surface area (Å²) in [5, 5.41) is 22.4. The van der Waals surface area contributed by atoms with Gasteiger partial charge in [0.1, 0.15) is 0 Å². The minimum atomic E-state index is -0.648. The van der Waals surface area contributed by atoms with Gasteiger partial charge in [-0.05, 0) is 25.5 Å². The smallest absolute Gasteiger partial charge is 0.322 e. The lowest BCUT2D eigenvalue weighted by atomic mass is 10.0. The Morgan fingerprint density at radius 2 is 2.26 bits per heavy atom. The van der Waals surface area contributed by atoms with Crippen LogP contribution in [0, 0.1) is 0 Å². The predicted octanol–water partition coefficient (Wildman–Crippen LogP) is 1.01. The summed E-state index contributed by atoms with van der Waals surface area (Å²) in [4.78, 5) is 11.9. The van der Waals surface area contributed by atoms with Crippen LogP contribution in [-0.4, -0.2) is 37.9 Å². The van der Waals surface area contributed by atoms with Crippen LogP contribution in [0.2, 0.25) is 0 Å². The van der Waals surface area contributed by atoms with Crippen molar-refractivity contribution in [3.63, 3.8) is 0 Å². The zero-order valence-electron chi connectivity index (χ0n) is 10.9. The third kappa shape index (κ3) is 2.82. The summed E-state index contributed by atoms with van der Waals surface area (Å²) in [7, 11) is 0. The Hall–Kier alpha value is -2.15. The van der Waals surface area contributed by atoms with E-state index in [0.29, 0.717) is 18.0 Å². The molecule has 2 aromatic rings. The van der Waals surface area contributed by atoms with Gasteiger partial charge in [-0.2, -0.15) is 0 Å². The number of aromatic nitrogens is 3. The van der Waals surface area contributed by atoms with Gasteiger partial charge in [0.25, 0.3) is 0 Å². The number of aliphatic hydroxyl groups excluding tert-OH is 1. The highest BCUT2D eigenvalue weighted by molar-refractivity contribution is 5.88. The molecule has 0 radical (unpaired) electrons. The Bertz CT molecular complexity index is 576. The second-order valence-electron chi connectivity index (χ2n) is 4.60. The van der Waals surface area contributed by atoms with E-state index >= 15 is 0 Å². The van der Waals surface area contributed by atoms with Crippen LogP contribution in [0.5, 0.6) is 0 Å². The van der Waals surface area contributed by atoms with Gasteiger partial charge in [0, 0.05) is 6.20 Å². The SMILES string of the molecule is CCC(C)(CO)NC(=O)Nc1nnc2ccccn12. The van der Waals surface area contributed by atoms with E-state index in [1.165, 1.54) is 0 Å². The van der Waals surface area contributed by atoms with Crippen molar-refractivity contribution in [3.05, 3.63) is 24.4 Å². The summed E-state index contributed by atoms with van der Waals surface area (Å²) in [6, 6.07) is 5.04. The molecule has 3 N–H and O–H groups in total. The van der Waals surface area contributed by atoms with Gasteiger partial charge >= 0.3 is 6.03 Å². The molecule has 1 atom stereocenters. The molecular formula is C12H17N5O2. The molecule has 0 bridgehead atoms. The third-order valence-corrected chi connectivity index (χ3v) is 3.08. The van der Waals surface area contributed by atoms with Crippen LogP contribution < -0.4 is 10.6 Å². The summed E-state index contributed by atoms with van der Waals surface area (Å²) in [5.74, 6) is 0.337. The molecule has 0 aliphatic rings. The van der Waals surface area contributed by atoms with Crippen LogP contribution >= 0.6 is 0 Å². The highest BCUT2D eigenvalue weighted by Gasteiger charge is 2.23. The zero-order chi connectivity index (χ0) is 13.9. The van der Waals surface area contributed by atoms with Crippen LogP contribution in [0.15, 0.2) is 24.4 Å². The maximum atomic E-state index is 11.9. The quantitative estimate of drug-likeness (QED) is 0.767. The van der Waals surface area contributed by atoms with E-state index in [1.54, 1.807) is 23.6 Å². The minimum absolute atomic E-state index is 0.127. The van der Waals surface area contributed by atoms with Crippen molar-refractivity contribution < 1.29 is 9.90 Å². The fourth-order valence-electron chi connectivity index (χ4n) is 1.57. The number of rotatable bonds is 4. The highest BCUT2D eigenvalue weighted by Crippen LogP contribution is 2.10. The Balaban J connectivity index is 2.11. The number of pyridine rings is 1. The summed E-state index contributed by atoms with van der Waals surface area (Å²) >= 11 is 0. The number of nitrogens with one attached hydrogen (secondary N) is 2.